The molecule has 2 fully saturated rings. The smallest absolute Gasteiger partial charge is 0.230 e. The van der Waals surface area contributed by atoms with Gasteiger partial charge in [0, 0.05) is 24.0 Å². The molecule has 10 heteroatoms. The number of hydrogen-bond donors (Lipinski definition) is 0. The number of azo groups is 3. The molecule has 2 aromatic heterocycles. The standard InChI is InChI=1S/C37H38N8S2/c1-25-23-31(40-43-35-18-19-36(47-35)45-20-6-7-21-45)15-16-32(25)41-39-30-14-17-33(26(2)22-30)42-44-37-38-34(24-46-37)29-12-10-28(11-13-29)27-8-4-3-5-9-27/h10-19,22-24,27H,3-9,20-21H2,1-2H3. The Morgan fingerprint density at radius 3 is 2.00 bits per heavy atom. The molecule has 1 aliphatic carbocycles. The van der Waals surface area contributed by atoms with Crippen LogP contribution >= 0.6 is 22.7 Å². The Bertz CT molecular complexity index is 1910. The number of nitrogens with zero attached hydrogens (tertiary/aromatic N) is 8. The second-order valence-electron chi connectivity index (χ2n) is 12.3. The second kappa shape index (κ2) is 14.6. The lowest BCUT2D eigenvalue weighted by atomic mass is 9.84. The van der Waals surface area contributed by atoms with E-state index < -0.39 is 0 Å². The zero-order chi connectivity index (χ0) is 32.0. The van der Waals surface area contributed by atoms with Gasteiger partial charge in [-0.15, -0.1) is 31.8 Å². The average Bonchev–Trinajstić information content (AvgIpc) is 3.90. The van der Waals surface area contributed by atoms with Crippen LogP contribution in [0.1, 0.15) is 67.6 Å². The second-order valence-corrected chi connectivity index (χ2v) is 14.2. The molecule has 2 aliphatic rings. The van der Waals surface area contributed by atoms with E-state index in [1.54, 1.807) is 11.3 Å². The molecule has 0 N–H and O–H groups in total. The minimum Gasteiger partial charge on any atom is -0.363 e. The van der Waals surface area contributed by atoms with Crippen LogP contribution in [0.3, 0.4) is 0 Å². The van der Waals surface area contributed by atoms with Gasteiger partial charge in [-0.05, 0) is 111 Å². The van der Waals surface area contributed by atoms with Crippen LogP contribution in [-0.4, -0.2) is 18.1 Å². The highest BCUT2D eigenvalue weighted by atomic mass is 32.1. The lowest BCUT2D eigenvalue weighted by molar-refractivity contribution is 0.443. The van der Waals surface area contributed by atoms with E-state index in [2.05, 4.69) is 65.9 Å². The maximum absolute atomic E-state index is 4.72. The van der Waals surface area contributed by atoms with Gasteiger partial charge in [-0.1, -0.05) is 54.9 Å². The Labute approximate surface area is 284 Å². The highest BCUT2D eigenvalue weighted by molar-refractivity contribution is 7.19. The van der Waals surface area contributed by atoms with Crippen molar-refractivity contribution in [1.29, 1.82) is 0 Å². The summed E-state index contributed by atoms with van der Waals surface area (Å²) in [6, 6.07) is 24.7. The monoisotopic (exact) mass is 658 g/mol. The highest BCUT2D eigenvalue weighted by Crippen LogP contribution is 2.37. The maximum atomic E-state index is 4.72. The zero-order valence-electron chi connectivity index (χ0n) is 26.8. The van der Waals surface area contributed by atoms with Crippen LogP contribution in [0.25, 0.3) is 11.3 Å². The summed E-state index contributed by atoms with van der Waals surface area (Å²) in [4.78, 5) is 7.13. The Balaban J connectivity index is 0.955. The quantitative estimate of drug-likeness (QED) is 0.147. The summed E-state index contributed by atoms with van der Waals surface area (Å²) in [5, 5.41) is 31.7. The number of hydrogen-bond acceptors (Lipinski definition) is 10. The van der Waals surface area contributed by atoms with Gasteiger partial charge in [0.25, 0.3) is 0 Å². The van der Waals surface area contributed by atoms with Crippen LogP contribution in [0.15, 0.2) is 109 Å². The average molecular weight is 659 g/mol. The minimum atomic E-state index is 0.639. The summed E-state index contributed by atoms with van der Waals surface area (Å²) in [7, 11) is 0. The van der Waals surface area contributed by atoms with Gasteiger partial charge < -0.3 is 4.90 Å². The minimum absolute atomic E-state index is 0.639. The first-order chi connectivity index (χ1) is 23.1. The molecule has 1 saturated carbocycles. The van der Waals surface area contributed by atoms with Crippen molar-refractivity contribution in [3.05, 3.63) is 94.9 Å². The Hall–Kier alpha value is -4.41. The molecule has 0 spiro atoms. The number of benzene rings is 3. The molecule has 1 saturated heterocycles. The fraction of sp³-hybridized carbons (Fsp3) is 0.324. The summed E-state index contributed by atoms with van der Waals surface area (Å²) in [5.41, 5.74) is 8.58. The van der Waals surface area contributed by atoms with Crippen molar-refractivity contribution in [2.24, 2.45) is 30.7 Å². The van der Waals surface area contributed by atoms with Crippen molar-refractivity contribution in [3.8, 4) is 11.3 Å². The number of thiophene rings is 1. The van der Waals surface area contributed by atoms with Crippen LogP contribution in [0, 0.1) is 13.8 Å². The van der Waals surface area contributed by atoms with E-state index >= 15 is 0 Å². The molecule has 3 heterocycles. The summed E-state index contributed by atoms with van der Waals surface area (Å²) in [5.74, 6) is 0.706. The number of aromatic nitrogens is 1. The summed E-state index contributed by atoms with van der Waals surface area (Å²) in [6.07, 6.45) is 9.21. The van der Waals surface area contributed by atoms with Crippen LogP contribution in [0.4, 0.5) is 37.9 Å². The molecule has 0 unspecified atom stereocenters. The molecule has 8 nitrogen and oxygen atoms in total. The third kappa shape index (κ3) is 7.77. The van der Waals surface area contributed by atoms with Crippen molar-refractivity contribution >= 4 is 60.6 Å². The third-order valence-corrected chi connectivity index (χ3v) is 10.7. The molecular weight excluding hydrogens is 621 g/mol. The van der Waals surface area contributed by atoms with E-state index in [0.717, 1.165) is 63.2 Å². The van der Waals surface area contributed by atoms with E-state index in [0.29, 0.717) is 11.0 Å². The zero-order valence-corrected chi connectivity index (χ0v) is 28.5. The summed E-state index contributed by atoms with van der Waals surface area (Å²) >= 11 is 3.19. The number of thiazole rings is 1. The van der Waals surface area contributed by atoms with Crippen molar-refractivity contribution in [1.82, 2.24) is 4.98 Å². The van der Waals surface area contributed by atoms with Crippen molar-refractivity contribution in [2.75, 3.05) is 18.0 Å². The van der Waals surface area contributed by atoms with Gasteiger partial charge in [0.05, 0.1) is 33.4 Å². The van der Waals surface area contributed by atoms with Crippen LogP contribution in [0.5, 0.6) is 0 Å². The highest BCUT2D eigenvalue weighted by Gasteiger charge is 2.16. The molecule has 7 rings (SSSR count). The van der Waals surface area contributed by atoms with Gasteiger partial charge in [-0.25, -0.2) is 4.98 Å². The molecule has 0 atom stereocenters. The Morgan fingerprint density at radius 1 is 0.660 bits per heavy atom. The molecule has 0 bridgehead atoms. The van der Waals surface area contributed by atoms with E-state index in [1.807, 2.05) is 61.7 Å². The van der Waals surface area contributed by atoms with Crippen molar-refractivity contribution in [3.63, 3.8) is 0 Å². The van der Waals surface area contributed by atoms with Crippen LogP contribution < -0.4 is 4.90 Å². The predicted octanol–water partition coefficient (Wildman–Crippen LogP) is 13.4. The first-order valence-electron chi connectivity index (χ1n) is 16.4. The SMILES string of the molecule is Cc1cc(N=Nc2ccc(N3CCCC3)s2)ccc1N=Nc1ccc(N=Nc2nc(-c3ccc(C4CCCCC4)cc3)cs2)c(C)c1. The van der Waals surface area contributed by atoms with E-state index in [-0.39, 0.29) is 0 Å². The van der Waals surface area contributed by atoms with Crippen molar-refractivity contribution < 1.29 is 0 Å². The molecular formula is C37H38N8S2. The van der Waals surface area contributed by atoms with E-state index in [4.69, 9.17) is 4.98 Å². The van der Waals surface area contributed by atoms with Gasteiger partial charge in [-0.3, -0.25) is 0 Å². The first-order valence-corrected chi connectivity index (χ1v) is 18.1. The van der Waals surface area contributed by atoms with E-state index in [1.165, 1.54) is 66.8 Å². The number of anilines is 1. The van der Waals surface area contributed by atoms with Crippen molar-refractivity contribution in [2.45, 2.75) is 64.7 Å². The molecule has 238 valence electrons. The maximum Gasteiger partial charge on any atom is 0.230 e. The van der Waals surface area contributed by atoms with E-state index in [9.17, 15) is 0 Å². The third-order valence-electron chi connectivity index (χ3n) is 8.91. The molecule has 3 aromatic carbocycles. The van der Waals surface area contributed by atoms with Crippen LogP contribution in [-0.2, 0) is 0 Å². The van der Waals surface area contributed by atoms with Gasteiger partial charge >= 0.3 is 0 Å². The Kier molecular flexibility index (Phi) is 9.67. The topological polar surface area (TPSA) is 90.3 Å². The normalized spacial score (nSPS) is 16.0. The molecule has 47 heavy (non-hydrogen) atoms. The number of aryl methyl sites for hydroxylation is 2. The first kappa shape index (κ1) is 31.2. The van der Waals surface area contributed by atoms with Crippen LogP contribution in [0.2, 0.25) is 0 Å². The fourth-order valence-electron chi connectivity index (χ4n) is 6.23. The predicted molar refractivity (Wildman–Crippen MR) is 194 cm³/mol. The summed E-state index contributed by atoms with van der Waals surface area (Å²) in [6.45, 7) is 6.27. The molecule has 5 aromatic rings. The van der Waals surface area contributed by atoms with Gasteiger partial charge in [0.2, 0.25) is 5.13 Å². The number of rotatable bonds is 9. The lowest BCUT2D eigenvalue weighted by Crippen LogP contribution is -2.15. The lowest BCUT2D eigenvalue weighted by Gasteiger charge is -2.21. The molecule has 0 radical (unpaired) electrons. The molecule has 1 aliphatic heterocycles. The molecule has 0 amide bonds. The van der Waals surface area contributed by atoms with Gasteiger partial charge in [0.15, 0.2) is 0 Å². The fourth-order valence-corrected chi connectivity index (χ4v) is 7.75. The Morgan fingerprint density at radius 2 is 1.32 bits per heavy atom. The van der Waals surface area contributed by atoms with Gasteiger partial charge in [-0.2, -0.15) is 10.2 Å². The summed E-state index contributed by atoms with van der Waals surface area (Å²) < 4.78 is 0. The largest absolute Gasteiger partial charge is 0.363 e. The van der Waals surface area contributed by atoms with Gasteiger partial charge in [0.1, 0.15) is 5.00 Å².